The Balaban J connectivity index is 2.25. The van der Waals surface area contributed by atoms with Crippen LogP contribution in [0.15, 0.2) is 0 Å². The van der Waals surface area contributed by atoms with Crippen LogP contribution in [-0.2, 0) is 13.5 Å². The molecule has 0 spiro atoms. The third kappa shape index (κ3) is 2.01. The van der Waals surface area contributed by atoms with Gasteiger partial charge in [0.1, 0.15) is 11.5 Å². The summed E-state index contributed by atoms with van der Waals surface area (Å²) in [6.45, 7) is 5.43. The minimum atomic E-state index is 0.582. The molecular formula is C12H22N4. The van der Waals surface area contributed by atoms with E-state index < -0.39 is 0 Å². The molecule has 16 heavy (non-hydrogen) atoms. The van der Waals surface area contributed by atoms with Crippen molar-refractivity contribution >= 4 is 11.5 Å². The molecule has 1 aromatic heterocycles. The second-order valence-corrected chi connectivity index (χ2v) is 4.49. The quantitative estimate of drug-likeness (QED) is 0.825. The zero-order valence-corrected chi connectivity index (χ0v) is 10.5. The fourth-order valence-corrected chi connectivity index (χ4v) is 2.38. The molecule has 1 aliphatic rings. The fourth-order valence-electron chi connectivity index (χ4n) is 2.38. The number of fused-ring (bicyclic) bond motifs is 1. The highest BCUT2D eigenvalue weighted by Gasteiger charge is 2.20. The number of hydrogen-bond acceptors (Lipinski definition) is 3. The second-order valence-electron chi connectivity index (χ2n) is 4.49. The van der Waals surface area contributed by atoms with Crippen LogP contribution in [0.2, 0.25) is 0 Å². The van der Waals surface area contributed by atoms with E-state index in [1.807, 2.05) is 11.7 Å². The van der Waals surface area contributed by atoms with Crippen molar-refractivity contribution in [2.24, 2.45) is 7.05 Å². The Labute approximate surface area is 97.4 Å². The van der Waals surface area contributed by atoms with E-state index in [4.69, 9.17) is 0 Å². The number of nitrogens with zero attached hydrogens (tertiary/aromatic N) is 2. The first-order valence-corrected chi connectivity index (χ1v) is 6.32. The van der Waals surface area contributed by atoms with Crippen LogP contribution < -0.4 is 10.6 Å². The van der Waals surface area contributed by atoms with Crippen molar-refractivity contribution in [1.82, 2.24) is 9.78 Å². The zero-order valence-electron chi connectivity index (χ0n) is 10.5. The van der Waals surface area contributed by atoms with Gasteiger partial charge >= 0.3 is 0 Å². The van der Waals surface area contributed by atoms with Gasteiger partial charge in [0.25, 0.3) is 0 Å². The Morgan fingerprint density at radius 2 is 2.25 bits per heavy atom. The van der Waals surface area contributed by atoms with Gasteiger partial charge in [0.15, 0.2) is 0 Å². The molecule has 4 heteroatoms. The van der Waals surface area contributed by atoms with E-state index in [0.29, 0.717) is 6.04 Å². The van der Waals surface area contributed by atoms with Gasteiger partial charge in [0, 0.05) is 19.6 Å². The molecule has 0 amide bonds. The van der Waals surface area contributed by atoms with Crippen molar-refractivity contribution < 1.29 is 0 Å². The Morgan fingerprint density at radius 3 is 2.94 bits per heavy atom. The fraction of sp³-hybridized carbons (Fsp3) is 0.750. The molecular weight excluding hydrogens is 200 g/mol. The van der Waals surface area contributed by atoms with Crippen LogP contribution in [0.5, 0.6) is 0 Å². The number of anilines is 2. The smallest absolute Gasteiger partial charge is 0.148 e. The van der Waals surface area contributed by atoms with Crippen LogP contribution in [0.4, 0.5) is 11.5 Å². The van der Waals surface area contributed by atoms with Gasteiger partial charge in [-0.2, -0.15) is 5.10 Å². The van der Waals surface area contributed by atoms with Gasteiger partial charge < -0.3 is 10.6 Å². The topological polar surface area (TPSA) is 41.9 Å². The molecule has 4 nitrogen and oxygen atoms in total. The van der Waals surface area contributed by atoms with E-state index in [0.717, 1.165) is 18.8 Å². The van der Waals surface area contributed by atoms with Gasteiger partial charge in [0.05, 0.1) is 5.69 Å². The molecule has 0 aromatic carbocycles. The number of aromatic nitrogens is 2. The molecule has 1 atom stereocenters. The molecule has 0 radical (unpaired) electrons. The van der Waals surface area contributed by atoms with E-state index in [1.165, 1.54) is 30.6 Å². The molecule has 0 saturated heterocycles. The minimum Gasteiger partial charge on any atom is -0.380 e. The lowest BCUT2D eigenvalue weighted by molar-refractivity contribution is 0.605. The van der Waals surface area contributed by atoms with Crippen molar-refractivity contribution in [2.75, 3.05) is 17.2 Å². The zero-order chi connectivity index (χ0) is 11.5. The average molecular weight is 222 g/mol. The summed E-state index contributed by atoms with van der Waals surface area (Å²) in [5, 5.41) is 11.7. The number of nitrogens with one attached hydrogen (secondary N) is 2. The second kappa shape index (κ2) is 4.76. The Hall–Kier alpha value is -1.19. The van der Waals surface area contributed by atoms with E-state index in [-0.39, 0.29) is 0 Å². The molecule has 1 unspecified atom stereocenters. The monoisotopic (exact) mass is 222 g/mol. The normalized spacial score (nSPS) is 19.6. The highest BCUT2D eigenvalue weighted by atomic mass is 15.3. The van der Waals surface area contributed by atoms with Crippen LogP contribution in [0.3, 0.4) is 0 Å². The maximum atomic E-state index is 4.54. The number of hydrogen-bond donors (Lipinski definition) is 2. The summed E-state index contributed by atoms with van der Waals surface area (Å²) in [5.41, 5.74) is 2.38. The third-order valence-corrected chi connectivity index (χ3v) is 3.23. The Morgan fingerprint density at radius 1 is 1.44 bits per heavy atom. The van der Waals surface area contributed by atoms with Crippen molar-refractivity contribution in [1.29, 1.82) is 0 Å². The van der Waals surface area contributed by atoms with E-state index in [2.05, 4.69) is 29.6 Å². The highest BCUT2D eigenvalue weighted by molar-refractivity contribution is 5.69. The van der Waals surface area contributed by atoms with Gasteiger partial charge in [-0.1, -0.05) is 20.3 Å². The lowest BCUT2D eigenvalue weighted by Gasteiger charge is -2.16. The molecule has 90 valence electrons. The number of aryl methyl sites for hydroxylation is 2. The minimum absolute atomic E-state index is 0.582. The van der Waals surface area contributed by atoms with Gasteiger partial charge in [0.2, 0.25) is 0 Å². The van der Waals surface area contributed by atoms with Crippen LogP contribution in [0.25, 0.3) is 0 Å². The summed E-state index contributed by atoms with van der Waals surface area (Å²) in [6, 6.07) is 0.582. The first-order valence-electron chi connectivity index (χ1n) is 6.32. The lowest BCUT2D eigenvalue weighted by atomic mass is 10.1. The SMILES string of the molecule is CCCC1CCNc2c(CC)nn(C)c2N1. The van der Waals surface area contributed by atoms with E-state index in [9.17, 15) is 0 Å². The van der Waals surface area contributed by atoms with Crippen molar-refractivity contribution in [3.8, 4) is 0 Å². The Kier molecular flexibility index (Phi) is 3.36. The van der Waals surface area contributed by atoms with Gasteiger partial charge in [-0.05, 0) is 19.3 Å². The van der Waals surface area contributed by atoms with Crippen molar-refractivity contribution in [3.05, 3.63) is 5.69 Å². The molecule has 2 heterocycles. The first-order chi connectivity index (χ1) is 7.76. The van der Waals surface area contributed by atoms with E-state index in [1.54, 1.807) is 0 Å². The van der Waals surface area contributed by atoms with Gasteiger partial charge in [-0.15, -0.1) is 0 Å². The molecule has 1 aliphatic heterocycles. The summed E-state index contributed by atoms with van der Waals surface area (Å²) >= 11 is 0. The third-order valence-electron chi connectivity index (χ3n) is 3.23. The first kappa shape index (κ1) is 11.3. The average Bonchev–Trinajstić information content (AvgIpc) is 2.48. The number of rotatable bonds is 3. The molecule has 0 aliphatic carbocycles. The summed E-state index contributed by atoms with van der Waals surface area (Å²) in [7, 11) is 2.01. The Bertz CT molecular complexity index is 356. The van der Waals surface area contributed by atoms with Crippen LogP contribution >= 0.6 is 0 Å². The summed E-state index contributed by atoms with van der Waals surface area (Å²) < 4.78 is 1.97. The predicted octanol–water partition coefficient (Wildman–Crippen LogP) is 2.38. The highest BCUT2D eigenvalue weighted by Crippen LogP contribution is 2.29. The van der Waals surface area contributed by atoms with E-state index >= 15 is 0 Å². The standard InChI is InChI=1S/C12H22N4/c1-4-6-9-7-8-13-11-10(5-2)15-16(3)12(11)14-9/h9,13-14H,4-8H2,1-3H3. The largest absolute Gasteiger partial charge is 0.380 e. The summed E-state index contributed by atoms with van der Waals surface area (Å²) in [6.07, 6.45) is 4.63. The maximum absolute atomic E-state index is 4.54. The van der Waals surface area contributed by atoms with Crippen molar-refractivity contribution in [3.63, 3.8) is 0 Å². The molecule has 2 rings (SSSR count). The maximum Gasteiger partial charge on any atom is 0.148 e. The van der Waals surface area contributed by atoms with Gasteiger partial charge in [-0.25, -0.2) is 0 Å². The van der Waals surface area contributed by atoms with Crippen LogP contribution in [0, 0.1) is 0 Å². The van der Waals surface area contributed by atoms with Crippen LogP contribution in [-0.4, -0.2) is 22.4 Å². The molecule has 0 fully saturated rings. The molecule has 0 bridgehead atoms. The molecule has 0 saturated carbocycles. The predicted molar refractivity (Wildman–Crippen MR) is 68.0 cm³/mol. The van der Waals surface area contributed by atoms with Gasteiger partial charge in [-0.3, -0.25) is 4.68 Å². The van der Waals surface area contributed by atoms with Crippen LogP contribution in [0.1, 0.15) is 38.8 Å². The molecule has 1 aromatic rings. The summed E-state index contributed by atoms with van der Waals surface area (Å²) in [5.74, 6) is 1.16. The summed E-state index contributed by atoms with van der Waals surface area (Å²) in [4.78, 5) is 0. The van der Waals surface area contributed by atoms with Crippen molar-refractivity contribution in [2.45, 2.75) is 45.6 Å². The lowest BCUT2D eigenvalue weighted by Crippen LogP contribution is -2.21. The molecule has 2 N–H and O–H groups in total.